The Morgan fingerprint density at radius 3 is 2.34 bits per heavy atom. The molecule has 2 aromatic rings. The fourth-order valence-corrected chi connectivity index (χ4v) is 6.14. The largest absolute Gasteiger partial charge is 0.478 e. The van der Waals surface area contributed by atoms with Crippen molar-refractivity contribution in [1.82, 2.24) is 4.90 Å². The highest BCUT2D eigenvalue weighted by Crippen LogP contribution is 2.48. The van der Waals surface area contributed by atoms with Crippen molar-refractivity contribution < 1.29 is 19.8 Å². The second-order valence-corrected chi connectivity index (χ2v) is 9.44. The number of nitrogens with zero attached hydrogens (tertiary/aromatic N) is 1. The van der Waals surface area contributed by atoms with Crippen molar-refractivity contribution >= 4 is 35.0 Å². The van der Waals surface area contributed by atoms with Crippen LogP contribution in [0.4, 0.5) is 0 Å². The third-order valence-electron chi connectivity index (χ3n) is 5.35. The van der Waals surface area contributed by atoms with Gasteiger partial charge in [0.1, 0.15) is 0 Å². The molecule has 0 radical (unpaired) electrons. The molecule has 0 spiro atoms. The van der Waals surface area contributed by atoms with Gasteiger partial charge in [0.15, 0.2) is 0 Å². The van der Waals surface area contributed by atoms with E-state index in [1.807, 2.05) is 23.1 Å². The van der Waals surface area contributed by atoms with Crippen LogP contribution in [0.5, 0.6) is 0 Å². The van der Waals surface area contributed by atoms with Crippen LogP contribution in [0, 0.1) is 5.92 Å². The van der Waals surface area contributed by atoms with Crippen LogP contribution in [0.3, 0.4) is 0 Å². The number of hydrogen-bond acceptors (Lipinski definition) is 5. The maximum Gasteiger partial charge on any atom is 0.328 e. The van der Waals surface area contributed by atoms with E-state index in [0.29, 0.717) is 18.1 Å². The molecule has 3 heterocycles. The Hall–Kier alpha value is -2.09. The van der Waals surface area contributed by atoms with Crippen molar-refractivity contribution in [2.45, 2.75) is 28.7 Å². The summed E-state index contributed by atoms with van der Waals surface area (Å²) in [5.41, 5.74) is 4.75. The Morgan fingerprint density at radius 1 is 1.03 bits per heavy atom. The number of fused-ring (bicyclic) bond motifs is 2. The van der Waals surface area contributed by atoms with Gasteiger partial charge in [-0.25, -0.2) is 9.59 Å². The van der Waals surface area contributed by atoms with Gasteiger partial charge >= 0.3 is 11.9 Å². The lowest BCUT2D eigenvalue weighted by atomic mass is 9.76. The smallest absolute Gasteiger partial charge is 0.328 e. The molecular weight excluding hydrogens is 406 g/mol. The number of benzene rings is 1. The molecule has 0 bridgehead atoms. The molecule has 2 aliphatic rings. The second kappa shape index (κ2) is 10.1. The summed E-state index contributed by atoms with van der Waals surface area (Å²) in [6.07, 6.45) is 3.77. The molecule has 29 heavy (non-hydrogen) atoms. The Kier molecular flexibility index (Phi) is 7.52. The predicted molar refractivity (Wildman–Crippen MR) is 117 cm³/mol. The normalized spacial score (nSPS) is 19.6. The minimum Gasteiger partial charge on any atom is -0.478 e. The minimum absolute atomic E-state index is 0.558. The molecule has 1 unspecified atom stereocenters. The van der Waals surface area contributed by atoms with Crippen molar-refractivity contribution in [3.05, 3.63) is 64.6 Å². The summed E-state index contributed by atoms with van der Waals surface area (Å²) in [7, 11) is 2.25. The lowest BCUT2D eigenvalue weighted by Gasteiger charge is -2.35. The van der Waals surface area contributed by atoms with Crippen LogP contribution in [0.15, 0.2) is 52.1 Å². The molecule has 1 aromatic heterocycles. The van der Waals surface area contributed by atoms with Crippen LogP contribution < -0.4 is 0 Å². The van der Waals surface area contributed by atoms with Gasteiger partial charge in [-0.05, 0) is 67.0 Å². The summed E-state index contributed by atoms with van der Waals surface area (Å²) in [5.74, 6) is 0.0349. The predicted octanol–water partition coefficient (Wildman–Crippen LogP) is 4.54. The number of rotatable bonds is 3. The maximum absolute atomic E-state index is 9.55. The van der Waals surface area contributed by atoms with Gasteiger partial charge in [0.25, 0.3) is 0 Å². The number of thioether (sulfide) groups is 1. The molecular formula is C22H25NO4S2. The molecule has 7 heteroatoms. The average Bonchev–Trinajstić information content (AvgIpc) is 3.10. The number of piperidine rings is 1. The number of likely N-dealkylation sites (tertiary alicyclic amines) is 1. The van der Waals surface area contributed by atoms with Crippen molar-refractivity contribution in [2.24, 2.45) is 5.92 Å². The maximum atomic E-state index is 9.55. The third kappa shape index (κ3) is 5.72. The molecule has 1 fully saturated rings. The van der Waals surface area contributed by atoms with E-state index >= 15 is 0 Å². The zero-order valence-corrected chi connectivity index (χ0v) is 17.9. The van der Waals surface area contributed by atoms with E-state index in [0.717, 1.165) is 11.7 Å². The monoisotopic (exact) mass is 431 g/mol. The van der Waals surface area contributed by atoms with Crippen molar-refractivity contribution in [3.63, 3.8) is 0 Å². The topological polar surface area (TPSA) is 77.8 Å². The Balaban J connectivity index is 0.000000258. The zero-order valence-electron chi connectivity index (χ0n) is 16.3. The van der Waals surface area contributed by atoms with Gasteiger partial charge in [-0.2, -0.15) is 0 Å². The van der Waals surface area contributed by atoms with E-state index in [4.69, 9.17) is 10.2 Å². The van der Waals surface area contributed by atoms with Gasteiger partial charge < -0.3 is 15.1 Å². The Labute approximate surface area is 179 Å². The summed E-state index contributed by atoms with van der Waals surface area (Å²) < 4.78 is 1.55. The molecule has 5 nitrogen and oxygen atoms in total. The summed E-state index contributed by atoms with van der Waals surface area (Å²) >= 11 is 3.97. The number of carbonyl (C=O) groups is 2. The molecule has 2 aliphatic heterocycles. The summed E-state index contributed by atoms with van der Waals surface area (Å²) in [5, 5.41) is 17.9. The molecule has 0 aliphatic carbocycles. The number of aliphatic carboxylic acids is 2. The van der Waals surface area contributed by atoms with E-state index in [1.165, 1.54) is 25.9 Å². The minimum atomic E-state index is -1.26. The quantitative estimate of drug-likeness (QED) is 0.695. The highest BCUT2D eigenvalue weighted by molar-refractivity contribution is 8.00. The van der Waals surface area contributed by atoms with E-state index in [1.54, 1.807) is 20.9 Å². The number of hydrogen-bond donors (Lipinski definition) is 2. The molecule has 154 valence electrons. The van der Waals surface area contributed by atoms with Crippen molar-refractivity contribution in [1.29, 1.82) is 0 Å². The van der Waals surface area contributed by atoms with Gasteiger partial charge in [-0.15, -0.1) is 23.1 Å². The molecule has 2 N–H and O–H groups in total. The first-order chi connectivity index (χ1) is 14.0. The Bertz CT molecular complexity index is 868. The van der Waals surface area contributed by atoms with Crippen LogP contribution in [0.25, 0.3) is 0 Å². The number of carboxylic acids is 2. The number of carboxylic acid groups (broad SMARTS) is 2. The number of thiophene rings is 1. The van der Waals surface area contributed by atoms with Gasteiger partial charge in [-0.1, -0.05) is 24.3 Å². The van der Waals surface area contributed by atoms with E-state index in [-0.39, 0.29) is 0 Å². The highest BCUT2D eigenvalue weighted by atomic mass is 32.2. The fourth-order valence-electron chi connectivity index (χ4n) is 3.95. The van der Waals surface area contributed by atoms with Crippen LogP contribution in [0.1, 0.15) is 35.4 Å². The molecule has 4 rings (SSSR count). The van der Waals surface area contributed by atoms with Gasteiger partial charge in [0, 0.05) is 23.8 Å². The van der Waals surface area contributed by atoms with E-state index < -0.39 is 11.9 Å². The highest BCUT2D eigenvalue weighted by Gasteiger charge is 2.32. The zero-order chi connectivity index (χ0) is 20.8. The fraction of sp³-hybridized carbons (Fsp3) is 0.364. The van der Waals surface area contributed by atoms with E-state index in [9.17, 15) is 9.59 Å². The van der Waals surface area contributed by atoms with Gasteiger partial charge in [0.2, 0.25) is 0 Å². The van der Waals surface area contributed by atoms with E-state index in [2.05, 4.69) is 47.7 Å². The molecule has 1 atom stereocenters. The third-order valence-corrected chi connectivity index (χ3v) is 7.66. The first-order valence-corrected chi connectivity index (χ1v) is 11.4. The lowest BCUT2D eigenvalue weighted by Crippen LogP contribution is -2.33. The molecule has 1 saturated heterocycles. The van der Waals surface area contributed by atoms with Crippen LogP contribution >= 0.6 is 23.1 Å². The summed E-state index contributed by atoms with van der Waals surface area (Å²) in [6, 6.07) is 11.5. The van der Waals surface area contributed by atoms with Crippen molar-refractivity contribution in [2.75, 3.05) is 20.1 Å². The SMILES string of the molecule is CN1CCC(C2c3ccccc3CSc3sccc32)CC1.O=C(O)/C=C\C(=O)O. The van der Waals surface area contributed by atoms with Crippen molar-refractivity contribution in [3.8, 4) is 0 Å². The van der Waals surface area contributed by atoms with Crippen LogP contribution in [-0.4, -0.2) is 47.2 Å². The average molecular weight is 432 g/mol. The first kappa shape index (κ1) is 21.6. The summed E-state index contributed by atoms with van der Waals surface area (Å²) in [4.78, 5) is 21.6. The standard InChI is InChI=1S/C18H21NS2.C4H4O4/c1-19-9-6-13(7-10-19)17-15-5-3-2-4-14(15)12-21-18-16(17)8-11-20-18;5-3(6)1-2-4(7)8/h2-5,8,11,13,17H,6-7,9-10,12H2,1H3;1-2H,(H,5,6)(H,7,8)/b;2-1-. The Morgan fingerprint density at radius 2 is 1.69 bits per heavy atom. The molecule has 0 saturated carbocycles. The lowest BCUT2D eigenvalue weighted by molar-refractivity contribution is -0.134. The van der Waals surface area contributed by atoms with Crippen LogP contribution in [-0.2, 0) is 15.3 Å². The second-order valence-electron chi connectivity index (χ2n) is 7.28. The first-order valence-electron chi connectivity index (χ1n) is 9.56. The molecule has 1 aromatic carbocycles. The summed E-state index contributed by atoms with van der Waals surface area (Å²) in [6.45, 7) is 2.49. The van der Waals surface area contributed by atoms with Gasteiger partial charge in [0.05, 0.1) is 4.21 Å². The van der Waals surface area contributed by atoms with Crippen LogP contribution in [0.2, 0.25) is 0 Å². The van der Waals surface area contributed by atoms with Gasteiger partial charge in [-0.3, -0.25) is 0 Å². The molecule has 0 amide bonds.